The number of rotatable bonds is 7. The summed E-state index contributed by atoms with van der Waals surface area (Å²) in [5, 5.41) is 163. The van der Waals surface area contributed by atoms with Gasteiger partial charge < -0.3 is 119 Å². The van der Waals surface area contributed by atoms with E-state index in [0.29, 0.717) is 0 Å². The molecule has 15 unspecified atom stereocenters. The maximum Gasteiger partial charge on any atom is 0.220 e. The molecule has 2 saturated heterocycles. The molecule has 5 aromatic rings. The van der Waals surface area contributed by atoms with Crippen molar-refractivity contribution in [1.29, 1.82) is 0 Å². The molecule has 0 radical (unpaired) electrons. The second-order valence-electron chi connectivity index (χ2n) is 18.5. The van der Waals surface area contributed by atoms with E-state index in [1.807, 2.05) is 0 Å². The van der Waals surface area contributed by atoms with Gasteiger partial charge in [0.1, 0.15) is 88.7 Å². The summed E-state index contributed by atoms with van der Waals surface area (Å²) in [6, 6.07) is 10.1. The Morgan fingerprint density at radius 3 is 1.53 bits per heavy atom. The van der Waals surface area contributed by atoms with Crippen LogP contribution in [0.15, 0.2) is 60.7 Å². The molecular weight excluding hydrogens is 961 g/mol. The third kappa shape index (κ3) is 7.97. The van der Waals surface area contributed by atoms with Gasteiger partial charge in [0, 0.05) is 91.4 Å². The third-order valence-corrected chi connectivity index (χ3v) is 13.7. The van der Waals surface area contributed by atoms with Crippen molar-refractivity contribution in [2.45, 2.75) is 111 Å². The molecule has 382 valence electrons. The summed E-state index contributed by atoms with van der Waals surface area (Å²) in [7, 11) is 0. The van der Waals surface area contributed by atoms with Gasteiger partial charge in [0.15, 0.2) is 40.6 Å². The van der Waals surface area contributed by atoms with Crippen LogP contribution in [0.3, 0.4) is 0 Å². The number of hydrogen-bond donors (Lipinski definition) is 15. The average Bonchev–Trinajstić information content (AvgIpc) is 3.29. The van der Waals surface area contributed by atoms with Crippen LogP contribution in [0.4, 0.5) is 0 Å². The predicted molar refractivity (Wildman–Crippen MR) is 235 cm³/mol. The molecule has 15 atom stereocenters. The Balaban J connectivity index is 0.890. The summed E-state index contributed by atoms with van der Waals surface area (Å²) in [6.07, 6.45) is -19.3. The molecule has 5 fully saturated rings. The number of ether oxygens (including phenoxy) is 9. The lowest BCUT2D eigenvalue weighted by Gasteiger charge is -2.57. The fourth-order valence-electron chi connectivity index (χ4n) is 10.7. The molecule has 3 aliphatic heterocycles. The zero-order valence-electron chi connectivity index (χ0n) is 36.9. The van der Waals surface area contributed by atoms with Crippen molar-refractivity contribution < 1.29 is 119 Å². The highest BCUT2D eigenvalue weighted by molar-refractivity contribution is 5.74. The second-order valence-corrected chi connectivity index (χ2v) is 18.5. The van der Waals surface area contributed by atoms with Crippen LogP contribution in [0.5, 0.6) is 109 Å². The van der Waals surface area contributed by atoms with E-state index in [4.69, 9.17) is 42.6 Å². The van der Waals surface area contributed by atoms with Gasteiger partial charge in [0.2, 0.25) is 28.7 Å². The first-order valence-electron chi connectivity index (χ1n) is 22.5. The zero-order valence-corrected chi connectivity index (χ0v) is 36.9. The fraction of sp³-hybridized carbons (Fsp3) is 0.375. The van der Waals surface area contributed by atoms with Gasteiger partial charge in [-0.15, -0.1) is 0 Å². The van der Waals surface area contributed by atoms with Crippen LogP contribution in [0.2, 0.25) is 0 Å². The molecular formula is C48H46O24. The first kappa shape index (κ1) is 46.9. The third-order valence-electron chi connectivity index (χ3n) is 13.7. The van der Waals surface area contributed by atoms with Gasteiger partial charge in [-0.1, -0.05) is 0 Å². The quantitative estimate of drug-likeness (QED) is 0.109. The van der Waals surface area contributed by atoms with Crippen molar-refractivity contribution in [3.05, 3.63) is 66.2 Å². The Labute approximate surface area is 404 Å². The van der Waals surface area contributed by atoms with Gasteiger partial charge in [0.05, 0.1) is 36.6 Å². The molecule has 5 aromatic carbocycles. The van der Waals surface area contributed by atoms with Crippen molar-refractivity contribution >= 4 is 0 Å². The van der Waals surface area contributed by atoms with E-state index in [-0.39, 0.29) is 41.4 Å². The van der Waals surface area contributed by atoms with Crippen LogP contribution in [0, 0.1) is 0 Å². The molecule has 11 rings (SSSR count). The SMILES string of the molecule is Oc1cc(O)cc(Oc2c(O)cc(O)c3c2Oc2c(O)cc(O)c(C4C(O)CC(O)C5OC6C(CC7OC8C(O)CC(Oc9c(O)cc(O)cc9O)C(Oc9cc(O)cc(O)c9)C8OC7C6O)OC54)c2O3)c1. The number of fused-ring (bicyclic) bond motifs is 6. The van der Waals surface area contributed by atoms with Gasteiger partial charge in [-0.25, -0.2) is 0 Å². The highest BCUT2D eigenvalue weighted by Gasteiger charge is 2.62. The number of aliphatic hydroxyl groups excluding tert-OH is 4. The summed E-state index contributed by atoms with van der Waals surface area (Å²) >= 11 is 0. The Hall–Kier alpha value is -7.42. The van der Waals surface area contributed by atoms with E-state index in [2.05, 4.69) is 0 Å². The predicted octanol–water partition coefficient (Wildman–Crippen LogP) is 2.81. The number of benzene rings is 5. The minimum absolute atomic E-state index is 0.0997. The molecule has 24 nitrogen and oxygen atoms in total. The van der Waals surface area contributed by atoms with Crippen LogP contribution in [-0.4, -0.2) is 162 Å². The lowest BCUT2D eigenvalue weighted by Crippen LogP contribution is -2.73. The zero-order chi connectivity index (χ0) is 50.8. The molecule has 0 spiro atoms. The van der Waals surface area contributed by atoms with E-state index < -0.39 is 184 Å². The van der Waals surface area contributed by atoms with E-state index in [1.54, 1.807) is 0 Å². The van der Waals surface area contributed by atoms with Gasteiger partial charge in [0.25, 0.3) is 0 Å². The van der Waals surface area contributed by atoms with Gasteiger partial charge in [-0.05, 0) is 0 Å². The summed E-state index contributed by atoms with van der Waals surface area (Å²) in [6.45, 7) is 0. The molecule has 3 heterocycles. The minimum atomic E-state index is -1.61. The molecule has 0 bridgehead atoms. The molecule has 15 N–H and O–H groups in total. The summed E-state index contributed by atoms with van der Waals surface area (Å²) in [5.41, 5.74) is -0.241. The van der Waals surface area contributed by atoms with Crippen molar-refractivity contribution in [2.75, 3.05) is 0 Å². The second kappa shape index (κ2) is 17.4. The monoisotopic (exact) mass is 1010 g/mol. The van der Waals surface area contributed by atoms with Crippen LogP contribution in [0.25, 0.3) is 0 Å². The Morgan fingerprint density at radius 1 is 0.389 bits per heavy atom. The molecule has 0 aromatic heterocycles. The Bertz CT molecular complexity index is 2880. The van der Waals surface area contributed by atoms with Crippen LogP contribution in [-0.2, 0) is 18.9 Å². The lowest BCUT2D eigenvalue weighted by molar-refractivity contribution is -0.356. The first-order chi connectivity index (χ1) is 34.3. The number of aromatic hydroxyl groups is 11. The summed E-state index contributed by atoms with van der Waals surface area (Å²) < 4.78 is 56.3. The smallest absolute Gasteiger partial charge is 0.220 e. The highest BCUT2D eigenvalue weighted by Crippen LogP contribution is 2.63. The van der Waals surface area contributed by atoms with Crippen molar-refractivity contribution in [1.82, 2.24) is 0 Å². The van der Waals surface area contributed by atoms with Gasteiger partial charge in [-0.3, -0.25) is 0 Å². The Kier molecular flexibility index (Phi) is 11.4. The molecule has 0 amide bonds. The van der Waals surface area contributed by atoms with Crippen LogP contribution >= 0.6 is 0 Å². The number of hydrogen-bond acceptors (Lipinski definition) is 24. The highest BCUT2D eigenvalue weighted by atomic mass is 16.7. The normalized spacial score (nSPS) is 32.2. The summed E-state index contributed by atoms with van der Waals surface area (Å²) in [4.78, 5) is 0. The fourth-order valence-corrected chi connectivity index (χ4v) is 10.7. The maximum atomic E-state index is 12.1. The molecule has 3 saturated carbocycles. The summed E-state index contributed by atoms with van der Waals surface area (Å²) in [5.74, 6) is -10.8. The Morgan fingerprint density at radius 2 is 0.889 bits per heavy atom. The molecule has 24 heteroatoms. The van der Waals surface area contributed by atoms with E-state index in [1.165, 1.54) is 12.1 Å². The van der Waals surface area contributed by atoms with Gasteiger partial charge in [-0.2, -0.15) is 0 Å². The van der Waals surface area contributed by atoms with Crippen molar-refractivity contribution in [3.8, 4) is 109 Å². The topological polar surface area (TPSA) is 387 Å². The largest absolute Gasteiger partial charge is 0.508 e. The number of aliphatic hydroxyl groups is 4. The standard InChI is InChI=1S/C48H46O24/c49-14-1-15(50)4-19(3-14)64-39-27(60)11-28(61)41-47(39)71-38-26(59)10-22(55)34(46(38)70-41)33-21(54)9-25(58)37-45(33)68-32-13-31-43(35(63)42(32)69-37)72-48-40(67-31)29(62)12-30(66-36-23(56)7-18(53)8-24(36)57)44(48)65-20-5-16(51)2-17(52)6-20/h1-8,10-11,21,25,29-33,35,37,40,42-45,48-63H,9,12-13H2. The first-order valence-corrected chi connectivity index (χ1v) is 22.5. The lowest BCUT2D eigenvalue weighted by atomic mass is 9.73. The molecule has 3 aliphatic carbocycles. The van der Waals surface area contributed by atoms with Crippen LogP contribution in [0.1, 0.15) is 30.7 Å². The van der Waals surface area contributed by atoms with Crippen LogP contribution < -0.4 is 23.7 Å². The number of phenols is 11. The van der Waals surface area contributed by atoms with Crippen molar-refractivity contribution in [3.63, 3.8) is 0 Å². The molecule has 6 aliphatic rings. The van der Waals surface area contributed by atoms with Crippen molar-refractivity contribution in [2.24, 2.45) is 0 Å². The van der Waals surface area contributed by atoms with E-state index >= 15 is 0 Å². The maximum absolute atomic E-state index is 12.1. The number of phenolic OH excluding ortho intramolecular Hbond substituents is 11. The molecule has 72 heavy (non-hydrogen) atoms. The van der Waals surface area contributed by atoms with Gasteiger partial charge >= 0.3 is 0 Å². The van der Waals surface area contributed by atoms with E-state index in [0.717, 1.165) is 48.5 Å². The average molecular weight is 1010 g/mol. The minimum Gasteiger partial charge on any atom is -0.508 e. The van der Waals surface area contributed by atoms with E-state index in [9.17, 15) is 76.6 Å².